The van der Waals surface area contributed by atoms with E-state index in [9.17, 15) is 0 Å². The number of hydrogen-bond acceptors (Lipinski definition) is 1. The van der Waals surface area contributed by atoms with Gasteiger partial charge in [0.25, 0.3) is 0 Å². The van der Waals surface area contributed by atoms with E-state index in [1.165, 1.54) is 24.0 Å². The third kappa shape index (κ3) is 3.43. The number of unbranched alkanes of at least 4 members (excludes halogenated alkanes) is 1. The van der Waals surface area contributed by atoms with E-state index >= 15 is 0 Å². The minimum absolute atomic E-state index is 0.186. The maximum Gasteiger partial charge on any atom is 0.0295 e. The van der Waals surface area contributed by atoms with Crippen LogP contribution in [0, 0.1) is 6.92 Å². The lowest BCUT2D eigenvalue weighted by atomic mass is 10.0. The Labute approximate surface area is 94.8 Å². The third-order valence-electron chi connectivity index (χ3n) is 2.36. The van der Waals surface area contributed by atoms with Gasteiger partial charge < -0.3 is 5.73 Å². The predicted octanol–water partition coefficient (Wildman–Crippen LogP) is 3.95. The zero-order chi connectivity index (χ0) is 10.6. The average Bonchev–Trinajstić information content (AvgIpc) is 2.12. The van der Waals surface area contributed by atoms with Crippen molar-refractivity contribution in [2.75, 3.05) is 0 Å². The Hall–Kier alpha value is -0.340. The second kappa shape index (κ2) is 5.52. The van der Waals surface area contributed by atoms with Gasteiger partial charge in [-0.2, -0.15) is 0 Å². The normalized spacial score (nSPS) is 12.9. The molecule has 1 rings (SSSR count). The van der Waals surface area contributed by atoms with Crippen molar-refractivity contribution in [1.29, 1.82) is 0 Å². The molecule has 0 aliphatic carbocycles. The van der Waals surface area contributed by atoms with Crippen LogP contribution in [0.15, 0.2) is 22.7 Å². The molecule has 0 aliphatic heterocycles. The molecule has 78 valence electrons. The van der Waals surface area contributed by atoms with E-state index in [1.54, 1.807) is 0 Å². The van der Waals surface area contributed by atoms with E-state index in [4.69, 9.17) is 5.73 Å². The molecule has 0 aliphatic rings. The van der Waals surface area contributed by atoms with Crippen LogP contribution in [0.5, 0.6) is 0 Å². The quantitative estimate of drug-likeness (QED) is 0.867. The van der Waals surface area contributed by atoms with Gasteiger partial charge in [0, 0.05) is 10.5 Å². The predicted molar refractivity (Wildman–Crippen MR) is 65.3 cm³/mol. The second-order valence-corrected chi connectivity index (χ2v) is 4.73. The van der Waals surface area contributed by atoms with Gasteiger partial charge in [0.2, 0.25) is 0 Å². The van der Waals surface area contributed by atoms with E-state index in [1.807, 2.05) is 0 Å². The molecule has 0 bridgehead atoms. The second-order valence-electron chi connectivity index (χ2n) is 3.81. The van der Waals surface area contributed by atoms with Crippen LogP contribution in [-0.2, 0) is 0 Å². The van der Waals surface area contributed by atoms with Crippen molar-refractivity contribution in [3.63, 3.8) is 0 Å². The fraction of sp³-hybridized carbons (Fsp3) is 0.500. The van der Waals surface area contributed by atoms with Crippen molar-refractivity contribution in [2.24, 2.45) is 5.73 Å². The first-order valence-corrected chi connectivity index (χ1v) is 5.95. The lowest BCUT2D eigenvalue weighted by Crippen LogP contribution is -2.10. The van der Waals surface area contributed by atoms with Gasteiger partial charge in [0.1, 0.15) is 0 Å². The summed E-state index contributed by atoms with van der Waals surface area (Å²) in [5, 5.41) is 0. The number of hydrogen-bond donors (Lipinski definition) is 1. The maximum atomic E-state index is 6.10. The fourth-order valence-electron chi connectivity index (χ4n) is 1.57. The topological polar surface area (TPSA) is 26.0 Å². The first kappa shape index (κ1) is 11.7. The van der Waals surface area contributed by atoms with Gasteiger partial charge in [-0.3, -0.25) is 0 Å². The Morgan fingerprint density at radius 1 is 1.36 bits per heavy atom. The Morgan fingerprint density at radius 2 is 2.07 bits per heavy atom. The van der Waals surface area contributed by atoms with Crippen molar-refractivity contribution >= 4 is 15.9 Å². The monoisotopic (exact) mass is 255 g/mol. The maximum absolute atomic E-state index is 6.10. The first-order chi connectivity index (χ1) is 6.63. The molecule has 0 saturated carbocycles. The first-order valence-electron chi connectivity index (χ1n) is 5.16. The minimum atomic E-state index is 0.186. The number of rotatable bonds is 4. The lowest BCUT2D eigenvalue weighted by molar-refractivity contribution is 0.603. The molecule has 0 amide bonds. The summed E-state index contributed by atoms with van der Waals surface area (Å²) in [6.07, 6.45) is 3.49. The molecular weight excluding hydrogens is 238 g/mol. The van der Waals surface area contributed by atoms with Gasteiger partial charge in [0.05, 0.1) is 0 Å². The van der Waals surface area contributed by atoms with E-state index in [0.29, 0.717) is 0 Å². The Kier molecular flexibility index (Phi) is 4.63. The summed E-state index contributed by atoms with van der Waals surface area (Å²) in [4.78, 5) is 0. The van der Waals surface area contributed by atoms with Crippen LogP contribution in [0.4, 0.5) is 0 Å². The van der Waals surface area contributed by atoms with Gasteiger partial charge >= 0.3 is 0 Å². The molecule has 2 heteroatoms. The molecule has 0 spiro atoms. The van der Waals surface area contributed by atoms with Crippen LogP contribution in [0.1, 0.15) is 43.4 Å². The summed E-state index contributed by atoms with van der Waals surface area (Å²) < 4.78 is 1.12. The molecule has 0 radical (unpaired) electrons. The highest BCUT2D eigenvalue weighted by atomic mass is 79.9. The van der Waals surface area contributed by atoms with E-state index in [-0.39, 0.29) is 6.04 Å². The number of benzene rings is 1. The molecule has 1 atom stereocenters. The lowest BCUT2D eigenvalue weighted by Gasteiger charge is -2.12. The van der Waals surface area contributed by atoms with Crippen molar-refractivity contribution in [2.45, 2.75) is 39.2 Å². The molecule has 2 N–H and O–H groups in total. The van der Waals surface area contributed by atoms with E-state index < -0.39 is 0 Å². The summed E-state index contributed by atoms with van der Waals surface area (Å²) >= 11 is 3.49. The molecule has 0 fully saturated rings. The van der Waals surface area contributed by atoms with Crippen LogP contribution in [0.2, 0.25) is 0 Å². The Morgan fingerprint density at radius 3 is 2.64 bits per heavy atom. The van der Waals surface area contributed by atoms with E-state index in [2.05, 4.69) is 48.0 Å². The summed E-state index contributed by atoms with van der Waals surface area (Å²) in [7, 11) is 0. The molecule has 1 aromatic carbocycles. The molecule has 0 saturated heterocycles. The fourth-order valence-corrected chi connectivity index (χ4v) is 2.19. The SMILES string of the molecule is CCCCC(N)c1cc(C)cc(Br)c1. The molecule has 1 nitrogen and oxygen atoms in total. The van der Waals surface area contributed by atoms with E-state index in [0.717, 1.165) is 10.9 Å². The van der Waals surface area contributed by atoms with Gasteiger partial charge in [-0.1, -0.05) is 41.8 Å². The van der Waals surface area contributed by atoms with Gasteiger partial charge in [-0.25, -0.2) is 0 Å². The highest BCUT2D eigenvalue weighted by Gasteiger charge is 2.06. The van der Waals surface area contributed by atoms with Crippen molar-refractivity contribution < 1.29 is 0 Å². The summed E-state index contributed by atoms with van der Waals surface area (Å²) in [5.74, 6) is 0. The number of halogens is 1. The highest BCUT2D eigenvalue weighted by Crippen LogP contribution is 2.22. The summed E-state index contributed by atoms with van der Waals surface area (Å²) in [6.45, 7) is 4.29. The largest absolute Gasteiger partial charge is 0.324 e. The van der Waals surface area contributed by atoms with Crippen molar-refractivity contribution in [3.05, 3.63) is 33.8 Å². The molecule has 0 heterocycles. The average molecular weight is 256 g/mol. The molecule has 1 aromatic rings. The molecule has 1 unspecified atom stereocenters. The number of nitrogens with two attached hydrogens (primary N) is 1. The zero-order valence-electron chi connectivity index (χ0n) is 8.89. The highest BCUT2D eigenvalue weighted by molar-refractivity contribution is 9.10. The third-order valence-corrected chi connectivity index (χ3v) is 2.82. The minimum Gasteiger partial charge on any atom is -0.324 e. The summed E-state index contributed by atoms with van der Waals surface area (Å²) in [5.41, 5.74) is 8.60. The summed E-state index contributed by atoms with van der Waals surface area (Å²) in [6, 6.07) is 6.58. The van der Waals surface area contributed by atoms with Crippen LogP contribution >= 0.6 is 15.9 Å². The number of aryl methyl sites for hydroxylation is 1. The van der Waals surface area contributed by atoms with Crippen LogP contribution in [-0.4, -0.2) is 0 Å². The smallest absolute Gasteiger partial charge is 0.0295 e. The molecular formula is C12H18BrN. The standard InChI is InChI=1S/C12H18BrN/c1-3-4-5-12(14)10-6-9(2)7-11(13)8-10/h6-8,12H,3-5,14H2,1-2H3. The van der Waals surface area contributed by atoms with Crippen LogP contribution in [0.3, 0.4) is 0 Å². The van der Waals surface area contributed by atoms with Gasteiger partial charge in [0.15, 0.2) is 0 Å². The molecule has 0 aromatic heterocycles. The zero-order valence-corrected chi connectivity index (χ0v) is 10.5. The van der Waals surface area contributed by atoms with Crippen molar-refractivity contribution in [3.8, 4) is 0 Å². The van der Waals surface area contributed by atoms with Crippen LogP contribution < -0.4 is 5.73 Å². The van der Waals surface area contributed by atoms with Gasteiger partial charge in [-0.05, 0) is 36.6 Å². The van der Waals surface area contributed by atoms with Gasteiger partial charge in [-0.15, -0.1) is 0 Å². The Balaban J connectivity index is 2.73. The molecule has 14 heavy (non-hydrogen) atoms. The van der Waals surface area contributed by atoms with Crippen LogP contribution in [0.25, 0.3) is 0 Å². The van der Waals surface area contributed by atoms with Crippen molar-refractivity contribution in [1.82, 2.24) is 0 Å². The Bertz CT molecular complexity index is 276.